The Kier molecular flexibility index (Phi) is 3.35. The Bertz CT molecular complexity index is 579. The monoisotopic (exact) mass is 288 g/mol. The molecule has 1 aliphatic carbocycles. The van der Waals surface area contributed by atoms with Gasteiger partial charge in [-0.25, -0.2) is 4.79 Å². The van der Waals surface area contributed by atoms with E-state index >= 15 is 0 Å². The molecule has 2 aliphatic rings. The summed E-state index contributed by atoms with van der Waals surface area (Å²) >= 11 is 0. The molecule has 1 saturated heterocycles. The molecule has 2 fully saturated rings. The lowest BCUT2D eigenvalue weighted by molar-refractivity contribution is -0.143. The summed E-state index contributed by atoms with van der Waals surface area (Å²) in [6.07, 6.45) is 3.25. The SMILES string of the molecule is CN1CCN(c2cccc(C3(C(=O)O)CCCC3)c2)C1=O. The zero-order valence-corrected chi connectivity index (χ0v) is 12.2. The van der Waals surface area contributed by atoms with Crippen LogP contribution in [0.1, 0.15) is 31.2 Å². The molecule has 1 saturated carbocycles. The number of hydrogen-bond acceptors (Lipinski definition) is 2. The van der Waals surface area contributed by atoms with Crippen molar-refractivity contribution < 1.29 is 14.7 Å². The molecule has 0 radical (unpaired) electrons. The van der Waals surface area contributed by atoms with Gasteiger partial charge >= 0.3 is 12.0 Å². The van der Waals surface area contributed by atoms with Crippen LogP contribution in [0.2, 0.25) is 0 Å². The molecular weight excluding hydrogens is 268 g/mol. The smallest absolute Gasteiger partial charge is 0.324 e. The van der Waals surface area contributed by atoms with Crippen LogP contribution in [0.25, 0.3) is 0 Å². The second-order valence-corrected chi connectivity index (χ2v) is 6.00. The number of carbonyl (C=O) groups is 2. The van der Waals surface area contributed by atoms with E-state index < -0.39 is 11.4 Å². The van der Waals surface area contributed by atoms with Gasteiger partial charge in [0, 0.05) is 25.8 Å². The fourth-order valence-electron chi connectivity index (χ4n) is 3.46. The average Bonchev–Trinajstić information content (AvgIpc) is 3.09. The molecule has 0 spiro atoms. The first kappa shape index (κ1) is 13.9. The van der Waals surface area contributed by atoms with Gasteiger partial charge in [0.25, 0.3) is 0 Å². The normalized spacial score (nSPS) is 21.1. The van der Waals surface area contributed by atoms with Crippen LogP contribution in [0.3, 0.4) is 0 Å². The molecule has 1 N–H and O–H groups in total. The summed E-state index contributed by atoms with van der Waals surface area (Å²) in [5.41, 5.74) is 0.853. The van der Waals surface area contributed by atoms with Crippen LogP contribution < -0.4 is 4.90 Å². The van der Waals surface area contributed by atoms with E-state index in [1.54, 1.807) is 16.8 Å². The van der Waals surface area contributed by atoms with Crippen LogP contribution in [-0.4, -0.2) is 42.1 Å². The quantitative estimate of drug-likeness (QED) is 0.929. The molecule has 0 aromatic heterocycles. The first-order valence-electron chi connectivity index (χ1n) is 7.41. The molecule has 112 valence electrons. The zero-order valence-electron chi connectivity index (χ0n) is 12.2. The number of anilines is 1. The number of rotatable bonds is 3. The molecular formula is C16H20N2O3. The van der Waals surface area contributed by atoms with E-state index in [-0.39, 0.29) is 6.03 Å². The van der Waals surface area contributed by atoms with Crippen molar-refractivity contribution in [2.24, 2.45) is 0 Å². The topological polar surface area (TPSA) is 60.9 Å². The maximum atomic E-state index is 12.1. The third-order valence-electron chi connectivity index (χ3n) is 4.79. The van der Waals surface area contributed by atoms with Crippen molar-refractivity contribution >= 4 is 17.7 Å². The molecule has 0 bridgehead atoms. The number of likely N-dealkylation sites (N-methyl/N-ethyl adjacent to an activating group) is 1. The number of hydrogen-bond donors (Lipinski definition) is 1. The van der Waals surface area contributed by atoms with Crippen LogP contribution in [0.15, 0.2) is 24.3 Å². The van der Waals surface area contributed by atoms with Crippen LogP contribution in [0.5, 0.6) is 0 Å². The molecule has 0 atom stereocenters. The lowest BCUT2D eigenvalue weighted by Gasteiger charge is -2.26. The Balaban J connectivity index is 1.97. The van der Waals surface area contributed by atoms with Crippen LogP contribution in [0, 0.1) is 0 Å². The summed E-state index contributed by atoms with van der Waals surface area (Å²) in [7, 11) is 1.78. The van der Waals surface area contributed by atoms with E-state index in [9.17, 15) is 14.7 Å². The minimum atomic E-state index is -0.773. The van der Waals surface area contributed by atoms with Gasteiger partial charge in [-0.3, -0.25) is 9.69 Å². The summed E-state index contributed by atoms with van der Waals surface area (Å²) in [6.45, 7) is 1.35. The number of urea groups is 1. The summed E-state index contributed by atoms with van der Waals surface area (Å²) in [6, 6.07) is 7.48. The predicted octanol–water partition coefficient (Wildman–Crippen LogP) is 2.45. The molecule has 1 aromatic carbocycles. The highest BCUT2D eigenvalue weighted by atomic mass is 16.4. The highest BCUT2D eigenvalue weighted by Gasteiger charge is 2.43. The number of aliphatic carboxylic acids is 1. The Morgan fingerprint density at radius 2 is 1.95 bits per heavy atom. The summed E-state index contributed by atoms with van der Waals surface area (Å²) in [5.74, 6) is -0.748. The van der Waals surface area contributed by atoms with Crippen molar-refractivity contribution in [3.05, 3.63) is 29.8 Å². The molecule has 3 rings (SSSR count). The minimum Gasteiger partial charge on any atom is -0.481 e. The average molecular weight is 288 g/mol. The Morgan fingerprint density at radius 1 is 1.24 bits per heavy atom. The van der Waals surface area contributed by atoms with Gasteiger partial charge in [-0.15, -0.1) is 0 Å². The van der Waals surface area contributed by atoms with Crippen LogP contribution >= 0.6 is 0 Å². The van der Waals surface area contributed by atoms with E-state index in [1.165, 1.54) is 0 Å². The third kappa shape index (κ3) is 2.17. The van der Waals surface area contributed by atoms with E-state index in [1.807, 2.05) is 24.3 Å². The van der Waals surface area contributed by atoms with Crippen molar-refractivity contribution in [3.8, 4) is 0 Å². The summed E-state index contributed by atoms with van der Waals surface area (Å²) in [4.78, 5) is 27.3. The number of benzene rings is 1. The van der Waals surface area contributed by atoms with Gasteiger partial charge in [-0.2, -0.15) is 0 Å². The van der Waals surface area contributed by atoms with Crippen molar-refractivity contribution in [2.75, 3.05) is 25.0 Å². The lowest BCUT2D eigenvalue weighted by atomic mass is 9.79. The fourth-order valence-corrected chi connectivity index (χ4v) is 3.46. The molecule has 1 aliphatic heterocycles. The Labute approximate surface area is 124 Å². The van der Waals surface area contributed by atoms with E-state index in [0.29, 0.717) is 25.9 Å². The van der Waals surface area contributed by atoms with Crippen LogP contribution in [0.4, 0.5) is 10.5 Å². The summed E-state index contributed by atoms with van der Waals surface area (Å²) < 4.78 is 0. The van der Waals surface area contributed by atoms with Crippen molar-refractivity contribution in [1.29, 1.82) is 0 Å². The molecule has 1 aromatic rings. The molecule has 21 heavy (non-hydrogen) atoms. The molecule has 5 nitrogen and oxygen atoms in total. The number of nitrogens with zero attached hydrogens (tertiary/aromatic N) is 2. The third-order valence-corrected chi connectivity index (χ3v) is 4.79. The van der Waals surface area contributed by atoms with Crippen LogP contribution in [-0.2, 0) is 10.2 Å². The van der Waals surface area contributed by atoms with Gasteiger partial charge in [-0.1, -0.05) is 25.0 Å². The van der Waals surface area contributed by atoms with Crippen molar-refractivity contribution in [1.82, 2.24) is 4.90 Å². The largest absolute Gasteiger partial charge is 0.481 e. The van der Waals surface area contributed by atoms with Gasteiger partial charge in [0.1, 0.15) is 0 Å². The van der Waals surface area contributed by atoms with Gasteiger partial charge in [-0.05, 0) is 30.5 Å². The van der Waals surface area contributed by atoms with Crippen molar-refractivity contribution in [2.45, 2.75) is 31.1 Å². The standard InChI is InChI=1S/C16H20N2O3/c1-17-9-10-18(15(17)21)13-6-4-5-12(11-13)16(14(19)20)7-2-3-8-16/h4-6,11H,2-3,7-10H2,1H3,(H,19,20). The van der Waals surface area contributed by atoms with E-state index in [2.05, 4.69) is 0 Å². The number of carboxylic acids is 1. The number of carboxylic acid groups (broad SMARTS) is 1. The van der Waals surface area contributed by atoms with Gasteiger partial charge in [0.05, 0.1) is 5.41 Å². The molecule has 0 unspecified atom stereocenters. The first-order valence-corrected chi connectivity index (χ1v) is 7.41. The molecule has 5 heteroatoms. The second-order valence-electron chi connectivity index (χ2n) is 6.00. The zero-order chi connectivity index (χ0) is 15.0. The van der Waals surface area contributed by atoms with E-state index in [4.69, 9.17) is 0 Å². The predicted molar refractivity (Wildman–Crippen MR) is 79.6 cm³/mol. The highest BCUT2D eigenvalue weighted by molar-refractivity contribution is 5.94. The summed E-state index contributed by atoms with van der Waals surface area (Å²) in [5, 5.41) is 9.68. The molecule has 2 amide bonds. The Hall–Kier alpha value is -2.04. The second kappa shape index (κ2) is 5.06. The minimum absolute atomic E-state index is 0.0250. The fraction of sp³-hybridized carbons (Fsp3) is 0.500. The number of carbonyl (C=O) groups excluding carboxylic acids is 1. The van der Waals surface area contributed by atoms with Gasteiger partial charge < -0.3 is 10.0 Å². The van der Waals surface area contributed by atoms with Gasteiger partial charge in [0.2, 0.25) is 0 Å². The molecule has 1 heterocycles. The maximum Gasteiger partial charge on any atom is 0.324 e. The maximum absolute atomic E-state index is 12.1. The highest BCUT2D eigenvalue weighted by Crippen LogP contribution is 2.42. The van der Waals surface area contributed by atoms with E-state index in [0.717, 1.165) is 24.1 Å². The number of amides is 2. The van der Waals surface area contributed by atoms with Crippen molar-refractivity contribution in [3.63, 3.8) is 0 Å². The Morgan fingerprint density at radius 3 is 2.52 bits per heavy atom. The first-order chi connectivity index (χ1) is 10.0. The van der Waals surface area contributed by atoms with Gasteiger partial charge in [0.15, 0.2) is 0 Å². The lowest BCUT2D eigenvalue weighted by Crippen LogP contribution is -2.33.